The zero-order valence-corrected chi connectivity index (χ0v) is 20.3. The molecule has 4 atom stereocenters. The lowest BCUT2D eigenvalue weighted by Crippen LogP contribution is -2.64. The Morgan fingerprint density at radius 2 is 1.91 bits per heavy atom. The summed E-state index contributed by atoms with van der Waals surface area (Å²) in [4.78, 5) is 15.6. The number of hydrogen-bond donors (Lipinski definition) is 0. The number of nitrogens with zero attached hydrogens (tertiary/aromatic N) is 2. The van der Waals surface area contributed by atoms with Crippen LogP contribution in [0.1, 0.15) is 30.4 Å². The summed E-state index contributed by atoms with van der Waals surface area (Å²) in [5.41, 5.74) is 2.68. The summed E-state index contributed by atoms with van der Waals surface area (Å²) < 4.78 is 35.6. The Morgan fingerprint density at radius 1 is 1.18 bits per heavy atom. The van der Waals surface area contributed by atoms with Crippen LogP contribution in [0.4, 0.5) is 5.69 Å². The van der Waals surface area contributed by atoms with Crippen LogP contribution in [-0.2, 0) is 25.0 Å². The van der Waals surface area contributed by atoms with E-state index in [1.165, 1.54) is 0 Å². The standard InChI is InChI=1S/C27H30N2O4S/c1-4-7-24-26-27(14-15-28(24)17-20(3)18-33-25(30)16-27)22-8-5-6-9-23(22)29(26)34(31,32)21-12-10-19(2)11-13-21/h4-6,8-13,24,26H,1,3,7,14-18H2,2H3/t24-,26-,27+/m0/s1. The molecule has 7 heteroatoms. The van der Waals surface area contributed by atoms with Crippen molar-refractivity contribution < 1.29 is 17.9 Å². The molecule has 3 saturated heterocycles. The van der Waals surface area contributed by atoms with Gasteiger partial charge >= 0.3 is 5.97 Å². The smallest absolute Gasteiger partial charge is 0.307 e. The van der Waals surface area contributed by atoms with Gasteiger partial charge < -0.3 is 4.74 Å². The summed E-state index contributed by atoms with van der Waals surface area (Å²) in [6, 6.07) is 14.0. The van der Waals surface area contributed by atoms with Gasteiger partial charge in [0.2, 0.25) is 0 Å². The second-order valence-electron chi connectivity index (χ2n) is 9.63. The number of para-hydroxylation sites is 1. The lowest BCUT2D eigenvalue weighted by Gasteiger charge is -2.52. The van der Waals surface area contributed by atoms with Crippen LogP contribution in [0.25, 0.3) is 0 Å². The maximum atomic E-state index is 14.2. The summed E-state index contributed by atoms with van der Waals surface area (Å²) in [5, 5.41) is 0. The van der Waals surface area contributed by atoms with E-state index in [4.69, 9.17) is 4.74 Å². The summed E-state index contributed by atoms with van der Waals surface area (Å²) in [6.45, 7) is 11.5. The van der Waals surface area contributed by atoms with Crippen molar-refractivity contribution in [2.45, 2.75) is 48.6 Å². The van der Waals surface area contributed by atoms with Crippen LogP contribution in [-0.4, -0.2) is 51.1 Å². The van der Waals surface area contributed by atoms with Crippen molar-refractivity contribution in [1.29, 1.82) is 0 Å². The SMILES string of the molecule is C=CC[C@H]1[C@@H]2N(S(=O)(=O)c3ccc(C)cc3)c3ccccc3[C@]23CCN1CC(=C)COC(=O)C3. The zero-order chi connectivity index (χ0) is 24.1. The number of aryl methyl sites for hydroxylation is 1. The fourth-order valence-electron chi connectivity index (χ4n) is 6.00. The average molecular weight is 479 g/mol. The van der Waals surface area contributed by atoms with Gasteiger partial charge in [-0.3, -0.25) is 14.0 Å². The van der Waals surface area contributed by atoms with Crippen molar-refractivity contribution in [3.63, 3.8) is 0 Å². The molecule has 4 aliphatic heterocycles. The van der Waals surface area contributed by atoms with E-state index in [2.05, 4.69) is 18.1 Å². The first-order chi connectivity index (χ1) is 16.3. The molecule has 1 unspecified atom stereocenters. The van der Waals surface area contributed by atoms with E-state index >= 15 is 0 Å². The van der Waals surface area contributed by atoms with E-state index in [0.717, 1.165) is 23.2 Å². The molecule has 34 heavy (non-hydrogen) atoms. The van der Waals surface area contributed by atoms with E-state index in [1.54, 1.807) is 16.4 Å². The van der Waals surface area contributed by atoms with Gasteiger partial charge in [-0.25, -0.2) is 8.42 Å². The first-order valence-electron chi connectivity index (χ1n) is 11.7. The molecule has 1 spiro atoms. The number of esters is 1. The topological polar surface area (TPSA) is 66.9 Å². The molecule has 2 aromatic rings. The Hall–Kier alpha value is -2.90. The van der Waals surface area contributed by atoms with Crippen LogP contribution in [0.5, 0.6) is 0 Å². The Bertz CT molecular complexity index is 1250. The Kier molecular flexibility index (Phi) is 5.65. The highest BCUT2D eigenvalue weighted by molar-refractivity contribution is 7.93. The van der Waals surface area contributed by atoms with Gasteiger partial charge in [-0.15, -0.1) is 6.58 Å². The molecule has 2 aromatic carbocycles. The fraction of sp³-hybridized carbons (Fsp3) is 0.370. The lowest BCUT2D eigenvalue weighted by atomic mass is 9.66. The largest absolute Gasteiger partial charge is 0.461 e. The van der Waals surface area contributed by atoms with Crippen molar-refractivity contribution in [1.82, 2.24) is 4.90 Å². The molecular formula is C27H30N2O4S. The third-order valence-corrected chi connectivity index (χ3v) is 9.29. The van der Waals surface area contributed by atoms with Crippen LogP contribution in [0.15, 0.2) is 78.2 Å². The van der Waals surface area contributed by atoms with Gasteiger partial charge in [0.05, 0.1) is 23.0 Å². The van der Waals surface area contributed by atoms with E-state index in [-0.39, 0.29) is 29.9 Å². The van der Waals surface area contributed by atoms with Crippen LogP contribution in [0.2, 0.25) is 0 Å². The number of ether oxygens (including phenoxy) is 1. The molecule has 2 bridgehead atoms. The van der Waals surface area contributed by atoms with Crippen LogP contribution >= 0.6 is 0 Å². The molecule has 0 amide bonds. The van der Waals surface area contributed by atoms with Crippen molar-refractivity contribution in [2.75, 3.05) is 24.0 Å². The van der Waals surface area contributed by atoms with E-state index in [1.807, 2.05) is 49.4 Å². The Morgan fingerprint density at radius 3 is 2.65 bits per heavy atom. The summed E-state index contributed by atoms with van der Waals surface area (Å²) >= 11 is 0. The average Bonchev–Trinajstić information content (AvgIpc) is 3.11. The molecule has 6 nitrogen and oxygen atoms in total. The van der Waals surface area contributed by atoms with Crippen LogP contribution in [0.3, 0.4) is 0 Å². The van der Waals surface area contributed by atoms with Crippen molar-refractivity contribution >= 4 is 21.7 Å². The first-order valence-corrected chi connectivity index (χ1v) is 13.1. The van der Waals surface area contributed by atoms with Gasteiger partial charge in [-0.2, -0.15) is 0 Å². The van der Waals surface area contributed by atoms with Crippen molar-refractivity contribution in [3.05, 3.63) is 84.5 Å². The maximum absolute atomic E-state index is 14.2. The molecule has 3 fully saturated rings. The van der Waals surface area contributed by atoms with Gasteiger partial charge in [0.25, 0.3) is 10.0 Å². The fourth-order valence-corrected chi connectivity index (χ4v) is 7.76. The van der Waals surface area contributed by atoms with Gasteiger partial charge in [0, 0.05) is 18.0 Å². The highest BCUT2D eigenvalue weighted by Crippen LogP contribution is 2.56. The minimum atomic E-state index is -3.90. The second-order valence-corrected chi connectivity index (χ2v) is 11.4. The van der Waals surface area contributed by atoms with Crippen molar-refractivity contribution in [2.24, 2.45) is 0 Å². The van der Waals surface area contributed by atoms with E-state index in [9.17, 15) is 13.2 Å². The first kappa shape index (κ1) is 22.9. The number of carbonyl (C=O) groups excluding carboxylic acids is 1. The predicted octanol–water partition coefficient (Wildman–Crippen LogP) is 3.96. The van der Waals surface area contributed by atoms with Crippen LogP contribution in [0, 0.1) is 6.92 Å². The molecule has 178 valence electrons. The number of carbonyl (C=O) groups is 1. The number of rotatable bonds is 4. The molecule has 4 heterocycles. The number of benzene rings is 2. The summed E-state index contributed by atoms with van der Waals surface area (Å²) in [5.74, 6) is -0.316. The van der Waals surface area contributed by atoms with Gasteiger partial charge in [0.15, 0.2) is 0 Å². The molecule has 6 rings (SSSR count). The molecule has 4 aliphatic rings. The summed E-state index contributed by atoms with van der Waals surface area (Å²) in [6.07, 6.45) is 3.23. The Balaban J connectivity index is 1.75. The zero-order valence-electron chi connectivity index (χ0n) is 19.4. The third-order valence-electron chi connectivity index (χ3n) is 7.49. The summed E-state index contributed by atoms with van der Waals surface area (Å²) in [7, 11) is -3.90. The highest BCUT2D eigenvalue weighted by atomic mass is 32.2. The lowest BCUT2D eigenvalue weighted by molar-refractivity contribution is -0.146. The highest BCUT2D eigenvalue weighted by Gasteiger charge is 2.61. The molecule has 0 aromatic heterocycles. The molecule has 0 saturated carbocycles. The minimum Gasteiger partial charge on any atom is -0.461 e. The van der Waals surface area contributed by atoms with E-state index < -0.39 is 21.5 Å². The van der Waals surface area contributed by atoms with Gasteiger partial charge in [-0.05, 0) is 55.6 Å². The third kappa shape index (κ3) is 3.49. The molecule has 0 aliphatic carbocycles. The minimum absolute atomic E-state index is 0.128. The quantitative estimate of drug-likeness (QED) is 0.492. The van der Waals surface area contributed by atoms with E-state index in [0.29, 0.717) is 25.1 Å². The molecule has 0 radical (unpaired) electrons. The number of hydrogen-bond acceptors (Lipinski definition) is 5. The normalized spacial score (nSPS) is 28.7. The van der Waals surface area contributed by atoms with Gasteiger partial charge in [0.1, 0.15) is 6.61 Å². The second kappa shape index (κ2) is 8.40. The number of sulfonamides is 1. The van der Waals surface area contributed by atoms with Crippen molar-refractivity contribution in [3.8, 4) is 0 Å². The maximum Gasteiger partial charge on any atom is 0.307 e. The molecule has 0 N–H and O–H groups in total. The van der Waals surface area contributed by atoms with Crippen LogP contribution < -0.4 is 4.31 Å². The molecular weight excluding hydrogens is 448 g/mol. The predicted molar refractivity (Wildman–Crippen MR) is 132 cm³/mol. The number of fused-ring (bicyclic) bond motifs is 7. The van der Waals surface area contributed by atoms with Gasteiger partial charge in [-0.1, -0.05) is 48.6 Å². The Labute approximate surface area is 201 Å². The number of anilines is 1. The monoisotopic (exact) mass is 478 g/mol. The number of piperidine rings is 1.